The van der Waals surface area contributed by atoms with E-state index < -0.39 is 11.6 Å². The largest absolute Gasteiger partial charge is 0.326 e. The third kappa shape index (κ3) is 1.38. The standard InChI is InChI=1S/C8H9F2N/c1-5-6(4-11)8(10)3-2-7(5)9/h2-3H,4,11H2,1H3. The summed E-state index contributed by atoms with van der Waals surface area (Å²) in [5.41, 5.74) is 5.77. The average molecular weight is 157 g/mol. The summed E-state index contributed by atoms with van der Waals surface area (Å²) in [5.74, 6) is -0.849. The third-order valence-electron chi connectivity index (χ3n) is 1.68. The van der Waals surface area contributed by atoms with Crippen LogP contribution in [-0.4, -0.2) is 0 Å². The van der Waals surface area contributed by atoms with Crippen molar-refractivity contribution in [2.75, 3.05) is 0 Å². The zero-order valence-electron chi connectivity index (χ0n) is 6.20. The molecule has 0 saturated carbocycles. The van der Waals surface area contributed by atoms with Crippen LogP contribution in [0.3, 0.4) is 0 Å². The molecule has 0 radical (unpaired) electrons. The first-order valence-electron chi connectivity index (χ1n) is 3.30. The molecule has 0 aliphatic rings. The molecule has 3 heteroatoms. The molecule has 1 nitrogen and oxygen atoms in total. The summed E-state index contributed by atoms with van der Waals surface area (Å²) < 4.78 is 25.5. The molecule has 1 aromatic rings. The van der Waals surface area contributed by atoms with Gasteiger partial charge in [0.2, 0.25) is 0 Å². The van der Waals surface area contributed by atoms with Crippen molar-refractivity contribution in [1.82, 2.24) is 0 Å². The number of benzene rings is 1. The van der Waals surface area contributed by atoms with Crippen molar-refractivity contribution < 1.29 is 8.78 Å². The Bertz CT molecular complexity index is 271. The average Bonchev–Trinajstić information content (AvgIpc) is 1.99. The Balaban J connectivity index is 3.29. The number of hydrogen-bond acceptors (Lipinski definition) is 1. The first-order chi connectivity index (χ1) is 5.16. The summed E-state index contributed by atoms with van der Waals surface area (Å²) in [6.45, 7) is 1.55. The molecule has 0 aliphatic heterocycles. The minimum atomic E-state index is -0.439. The van der Waals surface area contributed by atoms with E-state index in [1.165, 1.54) is 6.92 Å². The highest BCUT2D eigenvalue weighted by atomic mass is 19.1. The van der Waals surface area contributed by atoms with Crippen LogP contribution < -0.4 is 5.73 Å². The number of hydrogen-bond donors (Lipinski definition) is 1. The highest BCUT2D eigenvalue weighted by molar-refractivity contribution is 5.28. The molecular weight excluding hydrogens is 148 g/mol. The van der Waals surface area contributed by atoms with E-state index in [1.54, 1.807) is 0 Å². The van der Waals surface area contributed by atoms with Gasteiger partial charge in [-0.05, 0) is 24.6 Å². The summed E-state index contributed by atoms with van der Waals surface area (Å²) in [6, 6.07) is 2.19. The van der Waals surface area contributed by atoms with Gasteiger partial charge in [0.05, 0.1) is 0 Å². The normalized spacial score (nSPS) is 10.2. The van der Waals surface area contributed by atoms with Gasteiger partial charge >= 0.3 is 0 Å². The smallest absolute Gasteiger partial charge is 0.128 e. The topological polar surface area (TPSA) is 26.0 Å². The molecule has 0 fully saturated rings. The Morgan fingerprint density at radius 3 is 2.27 bits per heavy atom. The predicted molar refractivity (Wildman–Crippen MR) is 39.0 cm³/mol. The van der Waals surface area contributed by atoms with Gasteiger partial charge in [-0.2, -0.15) is 0 Å². The van der Waals surface area contributed by atoms with Crippen LogP contribution in [0.1, 0.15) is 11.1 Å². The van der Waals surface area contributed by atoms with Crippen LogP contribution in [0.2, 0.25) is 0 Å². The van der Waals surface area contributed by atoms with Gasteiger partial charge < -0.3 is 5.73 Å². The van der Waals surface area contributed by atoms with Crippen LogP contribution in [0, 0.1) is 18.6 Å². The molecule has 0 unspecified atom stereocenters. The van der Waals surface area contributed by atoms with Crippen molar-refractivity contribution in [3.8, 4) is 0 Å². The quantitative estimate of drug-likeness (QED) is 0.660. The van der Waals surface area contributed by atoms with Gasteiger partial charge in [-0.15, -0.1) is 0 Å². The fourth-order valence-corrected chi connectivity index (χ4v) is 0.946. The van der Waals surface area contributed by atoms with Gasteiger partial charge in [0.1, 0.15) is 11.6 Å². The van der Waals surface area contributed by atoms with Crippen LogP contribution in [-0.2, 0) is 6.54 Å². The lowest BCUT2D eigenvalue weighted by atomic mass is 10.1. The molecule has 1 rings (SSSR count). The Morgan fingerprint density at radius 2 is 1.82 bits per heavy atom. The molecule has 0 bridgehead atoms. The molecule has 0 atom stereocenters. The maximum atomic E-state index is 12.8. The van der Waals surface area contributed by atoms with E-state index in [-0.39, 0.29) is 12.1 Å². The summed E-state index contributed by atoms with van der Waals surface area (Å²) >= 11 is 0. The monoisotopic (exact) mass is 157 g/mol. The Hall–Kier alpha value is -0.960. The highest BCUT2D eigenvalue weighted by Gasteiger charge is 2.07. The lowest BCUT2D eigenvalue weighted by Crippen LogP contribution is -2.04. The van der Waals surface area contributed by atoms with Crippen LogP contribution in [0.4, 0.5) is 8.78 Å². The van der Waals surface area contributed by atoms with E-state index in [2.05, 4.69) is 0 Å². The van der Waals surface area contributed by atoms with Gasteiger partial charge in [-0.25, -0.2) is 8.78 Å². The predicted octanol–water partition coefficient (Wildman–Crippen LogP) is 1.73. The van der Waals surface area contributed by atoms with E-state index in [4.69, 9.17) is 5.73 Å². The van der Waals surface area contributed by atoms with Gasteiger partial charge in [-0.3, -0.25) is 0 Å². The number of rotatable bonds is 1. The molecule has 0 aliphatic carbocycles. The van der Waals surface area contributed by atoms with E-state index in [0.29, 0.717) is 5.56 Å². The Labute approximate surface area is 63.8 Å². The van der Waals surface area contributed by atoms with Gasteiger partial charge in [0.15, 0.2) is 0 Å². The lowest BCUT2D eigenvalue weighted by Gasteiger charge is -2.04. The maximum absolute atomic E-state index is 12.8. The Morgan fingerprint density at radius 1 is 1.27 bits per heavy atom. The van der Waals surface area contributed by atoms with Crippen LogP contribution in [0.15, 0.2) is 12.1 Å². The van der Waals surface area contributed by atoms with E-state index >= 15 is 0 Å². The van der Waals surface area contributed by atoms with Crippen molar-refractivity contribution in [1.29, 1.82) is 0 Å². The molecule has 11 heavy (non-hydrogen) atoms. The highest BCUT2D eigenvalue weighted by Crippen LogP contribution is 2.15. The van der Waals surface area contributed by atoms with Gasteiger partial charge in [0.25, 0.3) is 0 Å². The third-order valence-corrected chi connectivity index (χ3v) is 1.68. The van der Waals surface area contributed by atoms with Gasteiger partial charge in [0, 0.05) is 12.1 Å². The van der Waals surface area contributed by atoms with Crippen LogP contribution in [0.5, 0.6) is 0 Å². The minimum absolute atomic E-state index is 0.0371. The van der Waals surface area contributed by atoms with Crippen LogP contribution >= 0.6 is 0 Å². The summed E-state index contributed by atoms with van der Waals surface area (Å²) in [5, 5.41) is 0. The lowest BCUT2D eigenvalue weighted by molar-refractivity contribution is 0.577. The fourth-order valence-electron chi connectivity index (χ4n) is 0.946. The molecule has 0 spiro atoms. The zero-order chi connectivity index (χ0) is 8.43. The van der Waals surface area contributed by atoms with Crippen molar-refractivity contribution >= 4 is 0 Å². The molecule has 1 aromatic carbocycles. The fraction of sp³-hybridized carbons (Fsp3) is 0.250. The summed E-state index contributed by atoms with van der Waals surface area (Å²) in [4.78, 5) is 0. The van der Waals surface area contributed by atoms with E-state index in [0.717, 1.165) is 12.1 Å². The first-order valence-corrected chi connectivity index (χ1v) is 3.30. The van der Waals surface area contributed by atoms with E-state index in [9.17, 15) is 8.78 Å². The van der Waals surface area contributed by atoms with E-state index in [1.807, 2.05) is 0 Å². The Kier molecular flexibility index (Phi) is 2.19. The molecule has 0 saturated heterocycles. The molecule has 0 heterocycles. The second-order valence-corrected chi connectivity index (χ2v) is 2.34. The molecule has 2 N–H and O–H groups in total. The minimum Gasteiger partial charge on any atom is -0.326 e. The van der Waals surface area contributed by atoms with Crippen molar-refractivity contribution in [3.05, 3.63) is 34.9 Å². The maximum Gasteiger partial charge on any atom is 0.128 e. The molecule has 0 aromatic heterocycles. The first kappa shape index (κ1) is 8.14. The molecule has 60 valence electrons. The number of halogens is 2. The SMILES string of the molecule is Cc1c(F)ccc(F)c1CN. The number of nitrogens with two attached hydrogens (primary N) is 1. The van der Waals surface area contributed by atoms with Crippen molar-refractivity contribution in [3.63, 3.8) is 0 Å². The van der Waals surface area contributed by atoms with Crippen molar-refractivity contribution in [2.24, 2.45) is 5.73 Å². The van der Waals surface area contributed by atoms with Crippen molar-refractivity contribution in [2.45, 2.75) is 13.5 Å². The van der Waals surface area contributed by atoms with Crippen LogP contribution in [0.25, 0.3) is 0 Å². The van der Waals surface area contributed by atoms with Gasteiger partial charge in [-0.1, -0.05) is 0 Å². The summed E-state index contributed by atoms with van der Waals surface area (Å²) in [7, 11) is 0. The molecular formula is C8H9F2N. The summed E-state index contributed by atoms with van der Waals surface area (Å²) in [6.07, 6.45) is 0. The second kappa shape index (κ2) is 2.96. The second-order valence-electron chi connectivity index (χ2n) is 2.34. The molecule has 0 amide bonds. The zero-order valence-corrected chi connectivity index (χ0v) is 6.20.